The van der Waals surface area contributed by atoms with E-state index in [2.05, 4.69) is 10.6 Å². The van der Waals surface area contributed by atoms with E-state index in [1.54, 1.807) is 19.1 Å². The van der Waals surface area contributed by atoms with Crippen molar-refractivity contribution in [3.8, 4) is 11.5 Å². The summed E-state index contributed by atoms with van der Waals surface area (Å²) in [6.07, 6.45) is 5.15. The molecule has 2 aromatic rings. The molecule has 1 aliphatic carbocycles. The fraction of sp³-hybridized carbons (Fsp3) is 0.435. The third-order valence-electron chi connectivity index (χ3n) is 5.81. The third kappa shape index (κ3) is 4.54. The minimum atomic E-state index is -3.58. The third-order valence-corrected chi connectivity index (χ3v) is 7.62. The predicted octanol–water partition coefficient (Wildman–Crippen LogP) is 3.81. The maximum absolute atomic E-state index is 12.7. The Morgan fingerprint density at radius 1 is 1.00 bits per heavy atom. The Kier molecular flexibility index (Phi) is 6.05. The zero-order valence-electron chi connectivity index (χ0n) is 18.6. The van der Waals surface area contributed by atoms with Gasteiger partial charge in [0.05, 0.1) is 4.90 Å². The Labute approximate surface area is 189 Å². The second kappa shape index (κ2) is 8.63. The molecule has 1 aliphatic heterocycles. The van der Waals surface area contributed by atoms with Crippen molar-refractivity contribution in [2.24, 2.45) is 0 Å². The molecule has 0 aromatic heterocycles. The molecular formula is C23H29N3O5S. The van der Waals surface area contributed by atoms with E-state index in [1.807, 2.05) is 18.2 Å². The SMILES string of the molecule is CC(Nc1ccc2c(c1)OC1(CCCCC1)O2)C(=O)Nc1cccc(S(=O)(=O)N(C)C)c1. The molecule has 1 unspecified atom stereocenters. The van der Waals surface area contributed by atoms with Gasteiger partial charge in [0.2, 0.25) is 15.9 Å². The van der Waals surface area contributed by atoms with Crippen molar-refractivity contribution in [1.82, 2.24) is 4.31 Å². The summed E-state index contributed by atoms with van der Waals surface area (Å²) in [5, 5.41) is 5.94. The highest BCUT2D eigenvalue weighted by Gasteiger charge is 2.42. The van der Waals surface area contributed by atoms with Crippen molar-refractivity contribution in [3.63, 3.8) is 0 Å². The standard InChI is InChI=1S/C23H29N3O5S/c1-16(22(27)25-17-8-7-9-19(14-17)32(28,29)26(2)3)24-18-10-11-20-21(15-18)31-23(30-20)12-5-4-6-13-23/h7-11,14-16,24H,4-6,12-13H2,1-3H3,(H,25,27). The summed E-state index contributed by atoms with van der Waals surface area (Å²) in [7, 11) is -0.648. The van der Waals surface area contributed by atoms with E-state index >= 15 is 0 Å². The summed E-state index contributed by atoms with van der Waals surface area (Å²) in [6, 6.07) is 11.2. The second-order valence-electron chi connectivity index (χ2n) is 8.51. The Bertz CT molecular complexity index is 1110. The number of nitrogens with zero attached hydrogens (tertiary/aromatic N) is 1. The molecule has 32 heavy (non-hydrogen) atoms. The number of carbonyl (C=O) groups is 1. The topological polar surface area (TPSA) is 97.0 Å². The average molecular weight is 460 g/mol. The Hall–Kier alpha value is -2.78. The smallest absolute Gasteiger partial charge is 0.251 e. The first-order valence-corrected chi connectivity index (χ1v) is 12.2. The van der Waals surface area contributed by atoms with Crippen molar-refractivity contribution >= 4 is 27.3 Å². The molecule has 1 atom stereocenters. The van der Waals surface area contributed by atoms with Gasteiger partial charge < -0.3 is 20.1 Å². The van der Waals surface area contributed by atoms with Crippen LogP contribution in [0.5, 0.6) is 11.5 Å². The average Bonchev–Trinajstić information content (AvgIpc) is 3.10. The quantitative estimate of drug-likeness (QED) is 0.682. The number of amides is 1. The first kappa shape index (κ1) is 22.4. The van der Waals surface area contributed by atoms with Crippen LogP contribution in [0.1, 0.15) is 39.0 Å². The highest BCUT2D eigenvalue weighted by atomic mass is 32.2. The van der Waals surface area contributed by atoms with E-state index in [9.17, 15) is 13.2 Å². The summed E-state index contributed by atoms with van der Waals surface area (Å²) >= 11 is 0. The van der Waals surface area contributed by atoms with Gasteiger partial charge in [0.25, 0.3) is 5.79 Å². The van der Waals surface area contributed by atoms with Gasteiger partial charge in [-0.15, -0.1) is 0 Å². The summed E-state index contributed by atoms with van der Waals surface area (Å²) in [4.78, 5) is 12.8. The Morgan fingerprint density at radius 3 is 2.44 bits per heavy atom. The molecule has 4 rings (SSSR count). The minimum Gasteiger partial charge on any atom is -0.448 e. The largest absolute Gasteiger partial charge is 0.448 e. The van der Waals surface area contributed by atoms with E-state index in [0.29, 0.717) is 11.4 Å². The number of anilines is 2. The van der Waals surface area contributed by atoms with Crippen LogP contribution in [0.4, 0.5) is 11.4 Å². The van der Waals surface area contributed by atoms with Gasteiger partial charge in [-0.3, -0.25) is 4.79 Å². The first-order valence-electron chi connectivity index (χ1n) is 10.8. The van der Waals surface area contributed by atoms with Crippen LogP contribution in [0, 0.1) is 0 Å². The van der Waals surface area contributed by atoms with Crippen LogP contribution in [-0.2, 0) is 14.8 Å². The highest BCUT2D eigenvalue weighted by molar-refractivity contribution is 7.89. The zero-order valence-corrected chi connectivity index (χ0v) is 19.4. The van der Waals surface area contributed by atoms with Crippen LogP contribution in [0.15, 0.2) is 47.4 Å². The van der Waals surface area contributed by atoms with E-state index in [1.165, 1.54) is 32.6 Å². The lowest BCUT2D eigenvalue weighted by molar-refractivity contribution is -0.116. The number of ether oxygens (including phenoxy) is 2. The monoisotopic (exact) mass is 459 g/mol. The molecule has 172 valence electrons. The lowest BCUT2D eigenvalue weighted by Crippen LogP contribution is -2.40. The normalized spacial score (nSPS) is 17.9. The van der Waals surface area contributed by atoms with E-state index in [0.717, 1.165) is 41.4 Å². The first-order chi connectivity index (χ1) is 15.2. The summed E-state index contributed by atoms with van der Waals surface area (Å²) in [6.45, 7) is 1.74. The molecule has 1 saturated carbocycles. The van der Waals surface area contributed by atoms with Crippen molar-refractivity contribution in [2.45, 2.75) is 55.8 Å². The molecule has 2 N–H and O–H groups in total. The summed E-state index contributed by atoms with van der Waals surface area (Å²) < 4.78 is 38.0. The van der Waals surface area contributed by atoms with Gasteiger partial charge >= 0.3 is 0 Å². The number of benzene rings is 2. The number of hydrogen-bond donors (Lipinski definition) is 2. The molecule has 2 aliphatic rings. The number of sulfonamides is 1. The Balaban J connectivity index is 1.41. The van der Waals surface area contributed by atoms with Gasteiger partial charge in [-0.05, 0) is 50.1 Å². The van der Waals surface area contributed by atoms with Gasteiger partial charge in [-0.2, -0.15) is 0 Å². The van der Waals surface area contributed by atoms with Gasteiger partial charge in [0.15, 0.2) is 11.5 Å². The summed E-state index contributed by atoms with van der Waals surface area (Å²) in [5.41, 5.74) is 1.16. The van der Waals surface area contributed by atoms with Gasteiger partial charge in [0.1, 0.15) is 6.04 Å². The molecule has 2 aromatic carbocycles. The molecular weight excluding hydrogens is 430 g/mol. The molecule has 1 heterocycles. The molecule has 0 saturated heterocycles. The molecule has 1 amide bonds. The predicted molar refractivity (Wildman–Crippen MR) is 123 cm³/mol. The number of rotatable bonds is 6. The van der Waals surface area contributed by atoms with Crippen LogP contribution >= 0.6 is 0 Å². The van der Waals surface area contributed by atoms with Gasteiger partial charge in [0, 0.05) is 44.4 Å². The van der Waals surface area contributed by atoms with Crippen LogP contribution in [0.25, 0.3) is 0 Å². The number of hydrogen-bond acceptors (Lipinski definition) is 6. The number of nitrogens with one attached hydrogen (secondary N) is 2. The van der Waals surface area contributed by atoms with Gasteiger partial charge in [-0.1, -0.05) is 12.5 Å². The molecule has 8 nitrogen and oxygen atoms in total. The maximum Gasteiger partial charge on any atom is 0.251 e. The molecule has 0 radical (unpaired) electrons. The lowest BCUT2D eigenvalue weighted by Gasteiger charge is -2.31. The number of carbonyl (C=O) groups excluding carboxylic acids is 1. The van der Waals surface area contributed by atoms with Crippen molar-refractivity contribution in [3.05, 3.63) is 42.5 Å². The van der Waals surface area contributed by atoms with Crippen LogP contribution < -0.4 is 20.1 Å². The highest BCUT2D eigenvalue weighted by Crippen LogP contribution is 2.46. The molecule has 0 bridgehead atoms. The van der Waals surface area contributed by atoms with Crippen molar-refractivity contribution in [2.75, 3.05) is 24.7 Å². The van der Waals surface area contributed by atoms with Crippen LogP contribution in [0.3, 0.4) is 0 Å². The van der Waals surface area contributed by atoms with Crippen molar-refractivity contribution in [1.29, 1.82) is 0 Å². The fourth-order valence-electron chi connectivity index (χ4n) is 3.99. The van der Waals surface area contributed by atoms with Crippen LogP contribution in [0.2, 0.25) is 0 Å². The van der Waals surface area contributed by atoms with Crippen molar-refractivity contribution < 1.29 is 22.7 Å². The van der Waals surface area contributed by atoms with E-state index in [4.69, 9.17) is 9.47 Å². The van der Waals surface area contributed by atoms with E-state index < -0.39 is 21.9 Å². The fourth-order valence-corrected chi connectivity index (χ4v) is 4.94. The van der Waals surface area contributed by atoms with E-state index in [-0.39, 0.29) is 10.8 Å². The molecule has 9 heteroatoms. The van der Waals surface area contributed by atoms with Crippen LogP contribution in [-0.4, -0.2) is 44.6 Å². The van der Waals surface area contributed by atoms with Gasteiger partial charge in [-0.25, -0.2) is 12.7 Å². The Morgan fingerprint density at radius 2 is 1.72 bits per heavy atom. The lowest BCUT2D eigenvalue weighted by atomic mass is 9.94. The maximum atomic E-state index is 12.7. The summed E-state index contributed by atoms with van der Waals surface area (Å²) in [5.74, 6) is 0.588. The minimum absolute atomic E-state index is 0.119. The number of fused-ring (bicyclic) bond motifs is 1. The second-order valence-corrected chi connectivity index (χ2v) is 10.7. The molecule has 1 spiro atoms. The molecule has 1 fully saturated rings. The zero-order chi connectivity index (χ0) is 22.9.